The molecule has 1 heterocycles. The van der Waals surface area contributed by atoms with Crippen molar-refractivity contribution in [1.29, 1.82) is 0 Å². The van der Waals surface area contributed by atoms with Gasteiger partial charge in [0.25, 0.3) is 0 Å². The summed E-state index contributed by atoms with van der Waals surface area (Å²) >= 11 is 5.99. The van der Waals surface area contributed by atoms with Crippen LogP contribution in [0.3, 0.4) is 0 Å². The third-order valence-corrected chi connectivity index (χ3v) is 3.76. The van der Waals surface area contributed by atoms with E-state index in [9.17, 15) is 13.2 Å². The summed E-state index contributed by atoms with van der Waals surface area (Å²) < 4.78 is 43.7. The minimum atomic E-state index is -4.42. The molecule has 0 radical (unpaired) electrons. The van der Waals surface area contributed by atoms with Crippen LogP contribution in [0, 0.1) is 0 Å². The Balaban J connectivity index is 1.82. The Hall–Kier alpha value is -3.00. The second-order valence-electron chi connectivity index (χ2n) is 5.44. The third kappa shape index (κ3) is 4.79. The standard InChI is InChI=1S/C18H14ClF3N4O/c1-27-15-6-5-12(19)10-14(15)25-17-23-8-7-16(26-17)24-13-4-2-3-11(9-13)18(20,21)22/h2-10H,1H3,(H2,23,24,25,26). The highest BCUT2D eigenvalue weighted by Crippen LogP contribution is 2.32. The number of hydrogen-bond donors (Lipinski definition) is 2. The predicted molar refractivity (Wildman–Crippen MR) is 98.0 cm³/mol. The monoisotopic (exact) mass is 394 g/mol. The Bertz CT molecular complexity index is 950. The van der Waals surface area contributed by atoms with Gasteiger partial charge in [0, 0.05) is 16.9 Å². The molecular formula is C18H14ClF3N4O. The quantitative estimate of drug-likeness (QED) is 0.586. The van der Waals surface area contributed by atoms with E-state index in [1.807, 2.05) is 0 Å². The van der Waals surface area contributed by atoms with Gasteiger partial charge in [0.2, 0.25) is 5.95 Å². The molecule has 0 aliphatic heterocycles. The summed E-state index contributed by atoms with van der Waals surface area (Å²) in [5.41, 5.74) is 0.0691. The number of anilines is 4. The van der Waals surface area contributed by atoms with Gasteiger partial charge in [-0.05, 0) is 42.5 Å². The number of methoxy groups -OCH3 is 1. The molecule has 0 aliphatic rings. The number of aromatic nitrogens is 2. The Labute approximate surface area is 158 Å². The van der Waals surface area contributed by atoms with Crippen molar-refractivity contribution in [2.45, 2.75) is 6.18 Å². The average molecular weight is 395 g/mol. The number of hydrogen-bond acceptors (Lipinski definition) is 5. The van der Waals surface area contributed by atoms with Gasteiger partial charge in [-0.25, -0.2) is 4.98 Å². The summed E-state index contributed by atoms with van der Waals surface area (Å²) in [6.45, 7) is 0. The highest BCUT2D eigenvalue weighted by Gasteiger charge is 2.30. The first-order valence-electron chi connectivity index (χ1n) is 7.73. The van der Waals surface area contributed by atoms with Gasteiger partial charge in [0.05, 0.1) is 18.4 Å². The first kappa shape index (κ1) is 18.8. The molecule has 9 heteroatoms. The van der Waals surface area contributed by atoms with Gasteiger partial charge in [-0.15, -0.1) is 0 Å². The summed E-state index contributed by atoms with van der Waals surface area (Å²) in [4.78, 5) is 8.34. The Morgan fingerprint density at radius 3 is 2.59 bits per heavy atom. The van der Waals surface area contributed by atoms with Gasteiger partial charge < -0.3 is 15.4 Å². The van der Waals surface area contributed by atoms with E-state index >= 15 is 0 Å². The third-order valence-electron chi connectivity index (χ3n) is 3.53. The molecule has 3 rings (SSSR count). The number of halogens is 4. The second kappa shape index (κ2) is 7.71. The van der Waals surface area contributed by atoms with Crippen molar-refractivity contribution in [2.75, 3.05) is 17.7 Å². The maximum atomic E-state index is 12.8. The number of ether oxygens (including phenoxy) is 1. The minimum Gasteiger partial charge on any atom is -0.495 e. The van der Waals surface area contributed by atoms with Crippen LogP contribution in [0.1, 0.15) is 5.56 Å². The summed E-state index contributed by atoms with van der Waals surface area (Å²) in [5.74, 6) is 1.10. The molecule has 5 nitrogen and oxygen atoms in total. The number of alkyl halides is 3. The Kier molecular flexibility index (Phi) is 5.36. The van der Waals surface area contributed by atoms with Crippen LogP contribution >= 0.6 is 11.6 Å². The lowest BCUT2D eigenvalue weighted by atomic mass is 10.2. The van der Waals surface area contributed by atoms with E-state index in [1.54, 1.807) is 24.3 Å². The number of nitrogens with zero attached hydrogens (tertiary/aromatic N) is 2. The van der Waals surface area contributed by atoms with Gasteiger partial charge in [-0.1, -0.05) is 17.7 Å². The molecule has 140 valence electrons. The summed E-state index contributed by atoms with van der Waals surface area (Å²) in [7, 11) is 1.51. The summed E-state index contributed by atoms with van der Waals surface area (Å²) in [6, 6.07) is 11.4. The molecule has 0 atom stereocenters. The maximum Gasteiger partial charge on any atom is 0.416 e. The average Bonchev–Trinajstić information content (AvgIpc) is 2.62. The van der Waals surface area contributed by atoms with Crippen LogP contribution in [-0.2, 0) is 6.18 Å². The van der Waals surface area contributed by atoms with Crippen LogP contribution in [-0.4, -0.2) is 17.1 Å². The van der Waals surface area contributed by atoms with Gasteiger partial charge >= 0.3 is 6.18 Å². The van der Waals surface area contributed by atoms with E-state index in [0.29, 0.717) is 22.3 Å². The van der Waals surface area contributed by atoms with Crippen LogP contribution in [0.5, 0.6) is 5.75 Å². The van der Waals surface area contributed by atoms with Crippen LogP contribution in [0.2, 0.25) is 5.02 Å². The molecule has 0 spiro atoms. The van der Waals surface area contributed by atoms with Crippen LogP contribution in [0.25, 0.3) is 0 Å². The van der Waals surface area contributed by atoms with E-state index in [0.717, 1.165) is 12.1 Å². The van der Waals surface area contributed by atoms with Crippen molar-refractivity contribution in [3.05, 3.63) is 65.3 Å². The molecule has 0 aliphatic carbocycles. The lowest BCUT2D eigenvalue weighted by molar-refractivity contribution is -0.137. The van der Waals surface area contributed by atoms with Gasteiger partial charge in [-0.2, -0.15) is 18.2 Å². The molecule has 2 aromatic carbocycles. The van der Waals surface area contributed by atoms with Gasteiger partial charge in [0.15, 0.2) is 0 Å². The highest BCUT2D eigenvalue weighted by molar-refractivity contribution is 6.31. The lowest BCUT2D eigenvalue weighted by Crippen LogP contribution is -2.06. The fraction of sp³-hybridized carbons (Fsp3) is 0.111. The van der Waals surface area contributed by atoms with Crippen molar-refractivity contribution < 1.29 is 17.9 Å². The van der Waals surface area contributed by atoms with E-state index < -0.39 is 11.7 Å². The first-order valence-corrected chi connectivity index (χ1v) is 8.11. The number of nitrogens with one attached hydrogen (secondary N) is 2. The molecule has 1 aromatic heterocycles. The fourth-order valence-electron chi connectivity index (χ4n) is 2.31. The van der Waals surface area contributed by atoms with E-state index in [4.69, 9.17) is 16.3 Å². The van der Waals surface area contributed by atoms with Gasteiger partial charge in [0.1, 0.15) is 11.6 Å². The zero-order chi connectivity index (χ0) is 19.4. The van der Waals surface area contributed by atoms with Crippen LogP contribution < -0.4 is 15.4 Å². The highest BCUT2D eigenvalue weighted by atomic mass is 35.5. The lowest BCUT2D eigenvalue weighted by Gasteiger charge is -2.12. The second-order valence-corrected chi connectivity index (χ2v) is 5.88. The molecule has 27 heavy (non-hydrogen) atoms. The Morgan fingerprint density at radius 2 is 1.85 bits per heavy atom. The fourth-order valence-corrected chi connectivity index (χ4v) is 2.48. The molecule has 0 unspecified atom stereocenters. The van der Waals surface area contributed by atoms with E-state index in [1.165, 1.54) is 25.4 Å². The molecule has 0 saturated carbocycles. The molecule has 0 fully saturated rings. The summed E-state index contributed by atoms with van der Waals surface area (Å²) in [5, 5.41) is 6.31. The largest absolute Gasteiger partial charge is 0.495 e. The maximum absolute atomic E-state index is 12.8. The smallest absolute Gasteiger partial charge is 0.416 e. The van der Waals surface area contributed by atoms with Crippen molar-refractivity contribution in [2.24, 2.45) is 0 Å². The van der Waals surface area contributed by atoms with E-state index in [-0.39, 0.29) is 11.6 Å². The zero-order valence-electron chi connectivity index (χ0n) is 14.0. The molecular weight excluding hydrogens is 381 g/mol. The summed E-state index contributed by atoms with van der Waals surface area (Å²) in [6.07, 6.45) is -2.94. The topological polar surface area (TPSA) is 59.1 Å². The number of benzene rings is 2. The molecule has 0 bridgehead atoms. The first-order chi connectivity index (χ1) is 12.8. The van der Waals surface area contributed by atoms with Crippen LogP contribution in [0.4, 0.5) is 36.3 Å². The zero-order valence-corrected chi connectivity index (χ0v) is 14.8. The van der Waals surface area contributed by atoms with Crippen molar-refractivity contribution in [3.8, 4) is 5.75 Å². The van der Waals surface area contributed by atoms with Gasteiger partial charge in [-0.3, -0.25) is 0 Å². The minimum absolute atomic E-state index is 0.229. The molecule has 0 saturated heterocycles. The van der Waals surface area contributed by atoms with Crippen molar-refractivity contribution in [1.82, 2.24) is 9.97 Å². The molecule has 3 aromatic rings. The van der Waals surface area contributed by atoms with Crippen molar-refractivity contribution >= 4 is 34.7 Å². The molecule has 2 N–H and O–H groups in total. The van der Waals surface area contributed by atoms with Crippen LogP contribution in [0.15, 0.2) is 54.7 Å². The normalized spacial score (nSPS) is 11.1. The molecule has 0 amide bonds. The van der Waals surface area contributed by atoms with E-state index in [2.05, 4.69) is 20.6 Å². The SMILES string of the molecule is COc1ccc(Cl)cc1Nc1nccc(Nc2cccc(C(F)(F)F)c2)n1. The predicted octanol–water partition coefficient (Wildman–Crippen LogP) is 5.64. The van der Waals surface area contributed by atoms with Crippen molar-refractivity contribution in [3.63, 3.8) is 0 Å². The Morgan fingerprint density at radius 1 is 1.04 bits per heavy atom. The number of rotatable bonds is 5.